The van der Waals surface area contributed by atoms with Crippen LogP contribution in [0.5, 0.6) is 0 Å². The maximum Gasteiger partial charge on any atom is 0.264 e. The maximum atomic E-state index is 12.2. The molecule has 0 aliphatic carbocycles. The van der Waals surface area contributed by atoms with Gasteiger partial charge in [0.2, 0.25) is 0 Å². The number of rotatable bonds is 1. The monoisotopic (exact) mass is 272 g/mol. The van der Waals surface area contributed by atoms with Gasteiger partial charge in [0.25, 0.3) is 11.8 Å². The molecule has 20 heavy (non-hydrogen) atoms. The Morgan fingerprint density at radius 3 is 2.65 bits per heavy atom. The van der Waals surface area contributed by atoms with Gasteiger partial charge in [0.1, 0.15) is 30.3 Å². The minimum atomic E-state index is -0.549. The maximum absolute atomic E-state index is 12.2. The zero-order valence-electron chi connectivity index (χ0n) is 10.6. The first-order chi connectivity index (χ1) is 9.70. The number of aromatic nitrogens is 1. The number of morpholine rings is 1. The van der Waals surface area contributed by atoms with Crippen molar-refractivity contribution in [3.05, 3.63) is 23.9 Å². The van der Waals surface area contributed by atoms with Gasteiger partial charge in [0.15, 0.2) is 0 Å². The molecule has 2 atom stereocenters. The van der Waals surface area contributed by atoms with Crippen molar-refractivity contribution >= 4 is 17.6 Å². The molecular formula is C14H12N2O4. The minimum Gasteiger partial charge on any atom is -0.384 e. The first-order valence-electron chi connectivity index (χ1n) is 6.31. The third-order valence-corrected chi connectivity index (χ3v) is 3.27. The van der Waals surface area contributed by atoms with Crippen molar-refractivity contribution in [2.75, 3.05) is 11.5 Å². The molecule has 2 amide bonds. The van der Waals surface area contributed by atoms with Crippen molar-refractivity contribution in [1.29, 1.82) is 0 Å². The highest BCUT2D eigenvalue weighted by atomic mass is 16.5. The molecule has 1 aromatic heterocycles. The lowest BCUT2D eigenvalue weighted by molar-refractivity contribution is -0.146. The van der Waals surface area contributed by atoms with E-state index >= 15 is 0 Å². The van der Waals surface area contributed by atoms with E-state index in [2.05, 4.69) is 16.8 Å². The average molecular weight is 272 g/mol. The van der Waals surface area contributed by atoms with Crippen molar-refractivity contribution < 1.29 is 19.4 Å². The Kier molecular flexibility index (Phi) is 3.22. The van der Waals surface area contributed by atoms with E-state index in [-0.39, 0.29) is 24.2 Å². The zero-order chi connectivity index (χ0) is 14.1. The molecule has 0 radical (unpaired) electrons. The number of anilines is 1. The van der Waals surface area contributed by atoms with E-state index in [1.165, 1.54) is 0 Å². The van der Waals surface area contributed by atoms with Crippen LogP contribution in [0.15, 0.2) is 18.2 Å². The van der Waals surface area contributed by atoms with Crippen molar-refractivity contribution in [2.24, 2.45) is 0 Å². The number of aliphatic hydroxyl groups excluding tert-OH is 1. The second-order valence-electron chi connectivity index (χ2n) is 4.54. The number of hydrogen-bond donors (Lipinski definition) is 1. The summed E-state index contributed by atoms with van der Waals surface area (Å²) in [7, 11) is 0. The molecule has 3 rings (SSSR count). The molecule has 2 unspecified atom stereocenters. The van der Waals surface area contributed by atoms with E-state index in [4.69, 9.17) is 9.84 Å². The summed E-state index contributed by atoms with van der Waals surface area (Å²) in [6, 6.07) is 4.91. The van der Waals surface area contributed by atoms with Crippen molar-refractivity contribution in [3.8, 4) is 11.8 Å². The van der Waals surface area contributed by atoms with E-state index in [0.717, 1.165) is 4.90 Å². The zero-order valence-corrected chi connectivity index (χ0v) is 10.6. The van der Waals surface area contributed by atoms with Gasteiger partial charge in [-0.15, -0.1) is 0 Å². The summed E-state index contributed by atoms with van der Waals surface area (Å²) in [5, 5.41) is 8.67. The third-order valence-electron chi connectivity index (χ3n) is 3.27. The van der Waals surface area contributed by atoms with Gasteiger partial charge in [0, 0.05) is 0 Å². The summed E-state index contributed by atoms with van der Waals surface area (Å²) in [5.74, 6) is 4.64. The molecule has 2 aliphatic heterocycles. The number of fused-ring (bicyclic) bond motifs is 2. The lowest BCUT2D eigenvalue weighted by atomic mass is 10.2. The quantitative estimate of drug-likeness (QED) is 0.568. The molecule has 6 heteroatoms. The summed E-state index contributed by atoms with van der Waals surface area (Å²) in [5.41, 5.74) is 0.399. The molecular weight excluding hydrogens is 260 g/mol. The second-order valence-corrected chi connectivity index (χ2v) is 4.54. The second kappa shape index (κ2) is 5.04. The Hall–Kier alpha value is -2.23. The number of amides is 2. The number of pyridine rings is 1. The van der Waals surface area contributed by atoms with Gasteiger partial charge in [-0.05, 0) is 30.9 Å². The normalized spacial score (nSPS) is 24.6. The predicted octanol–water partition coefficient (Wildman–Crippen LogP) is -0.154. The van der Waals surface area contributed by atoms with Crippen LogP contribution in [-0.4, -0.2) is 40.7 Å². The molecule has 1 aromatic rings. The van der Waals surface area contributed by atoms with Crippen LogP contribution >= 0.6 is 0 Å². The molecule has 2 saturated heterocycles. The van der Waals surface area contributed by atoms with Crippen LogP contribution in [0.25, 0.3) is 0 Å². The number of carbonyl (C=O) groups is 2. The smallest absolute Gasteiger partial charge is 0.264 e. The summed E-state index contributed by atoms with van der Waals surface area (Å²) in [6.45, 7) is -0.272. The topological polar surface area (TPSA) is 79.7 Å². The number of imide groups is 1. The molecule has 0 aromatic carbocycles. The highest BCUT2D eigenvalue weighted by molar-refractivity contribution is 6.19. The number of carbonyl (C=O) groups excluding carboxylic acids is 2. The lowest BCUT2D eigenvalue weighted by Crippen LogP contribution is -2.52. The van der Waals surface area contributed by atoms with Crippen molar-refractivity contribution in [2.45, 2.75) is 25.0 Å². The van der Waals surface area contributed by atoms with E-state index in [0.29, 0.717) is 18.5 Å². The van der Waals surface area contributed by atoms with Crippen LogP contribution in [-0.2, 0) is 14.3 Å². The molecule has 2 aliphatic rings. The molecule has 0 spiro atoms. The number of nitrogens with zero attached hydrogens (tertiary/aromatic N) is 2. The van der Waals surface area contributed by atoms with Crippen molar-refractivity contribution in [3.63, 3.8) is 0 Å². The standard InChI is InChI=1S/C14H12N2O4/c17-8-2-4-9-3-1-5-12(15-9)16-13(18)10-6-7-11(20-10)14(16)19/h1,3,5,10-11,17H,6-8H2. The van der Waals surface area contributed by atoms with Gasteiger partial charge >= 0.3 is 0 Å². The number of ether oxygens (including phenoxy) is 1. The van der Waals surface area contributed by atoms with Gasteiger partial charge in [0.05, 0.1) is 0 Å². The molecule has 0 saturated carbocycles. The van der Waals surface area contributed by atoms with Crippen LogP contribution in [0.3, 0.4) is 0 Å². The predicted molar refractivity (Wildman–Crippen MR) is 68.6 cm³/mol. The van der Waals surface area contributed by atoms with E-state index < -0.39 is 12.2 Å². The van der Waals surface area contributed by atoms with Gasteiger partial charge in [-0.2, -0.15) is 0 Å². The molecule has 6 nitrogen and oxygen atoms in total. The first kappa shape index (κ1) is 12.8. The van der Waals surface area contributed by atoms with Gasteiger partial charge in [-0.3, -0.25) is 9.59 Å². The summed E-state index contributed by atoms with van der Waals surface area (Å²) < 4.78 is 5.34. The van der Waals surface area contributed by atoms with Gasteiger partial charge in [-0.1, -0.05) is 12.0 Å². The summed E-state index contributed by atoms with van der Waals surface area (Å²) >= 11 is 0. The van der Waals surface area contributed by atoms with Crippen LogP contribution in [0.1, 0.15) is 18.5 Å². The molecule has 2 bridgehead atoms. The lowest BCUT2D eigenvalue weighted by Gasteiger charge is -2.29. The fourth-order valence-electron chi connectivity index (χ4n) is 2.37. The Morgan fingerprint density at radius 2 is 2.00 bits per heavy atom. The highest BCUT2D eigenvalue weighted by Gasteiger charge is 2.47. The minimum absolute atomic E-state index is 0.255. The van der Waals surface area contributed by atoms with Gasteiger partial charge < -0.3 is 9.84 Å². The largest absolute Gasteiger partial charge is 0.384 e. The van der Waals surface area contributed by atoms with Crippen molar-refractivity contribution in [1.82, 2.24) is 4.98 Å². The average Bonchev–Trinajstić information content (AvgIpc) is 2.91. The molecule has 102 valence electrons. The third kappa shape index (κ3) is 2.07. The Morgan fingerprint density at radius 1 is 1.30 bits per heavy atom. The van der Waals surface area contributed by atoms with Crippen LogP contribution in [0, 0.1) is 11.8 Å². The molecule has 2 fully saturated rings. The highest BCUT2D eigenvalue weighted by Crippen LogP contribution is 2.30. The summed E-state index contributed by atoms with van der Waals surface area (Å²) in [6.07, 6.45) is 0.0317. The fourth-order valence-corrected chi connectivity index (χ4v) is 2.37. The number of hydrogen-bond acceptors (Lipinski definition) is 5. The Labute approximate surface area is 115 Å². The number of aliphatic hydroxyl groups is 1. The molecule has 3 heterocycles. The fraction of sp³-hybridized carbons (Fsp3) is 0.357. The van der Waals surface area contributed by atoms with Crippen LogP contribution < -0.4 is 4.90 Å². The first-order valence-corrected chi connectivity index (χ1v) is 6.31. The van der Waals surface area contributed by atoms with Crippen LogP contribution in [0.4, 0.5) is 5.82 Å². The Bertz CT molecular complexity index is 610. The van der Waals surface area contributed by atoms with E-state index in [9.17, 15) is 9.59 Å². The summed E-state index contributed by atoms with van der Waals surface area (Å²) in [4.78, 5) is 29.6. The van der Waals surface area contributed by atoms with Crippen LogP contribution in [0.2, 0.25) is 0 Å². The van der Waals surface area contributed by atoms with E-state index in [1.807, 2.05) is 0 Å². The van der Waals surface area contributed by atoms with E-state index in [1.54, 1.807) is 18.2 Å². The SMILES string of the molecule is O=C1C2CCC(O2)C(=O)N1c1cccc(C#CCO)n1. The Balaban J connectivity index is 1.95. The molecule has 1 N–H and O–H groups in total. The van der Waals surface area contributed by atoms with Gasteiger partial charge in [-0.25, -0.2) is 9.88 Å².